The summed E-state index contributed by atoms with van der Waals surface area (Å²) in [5.41, 5.74) is 0. The minimum Gasteiger partial charge on any atom is -0.145 e. The third kappa shape index (κ3) is 15.9. The number of rotatable bonds is 26. The lowest BCUT2D eigenvalue weighted by Gasteiger charge is -2.02. The van der Waals surface area contributed by atoms with E-state index in [2.05, 4.69) is 70.0 Å². The van der Waals surface area contributed by atoms with Gasteiger partial charge in [-0.3, -0.25) is 0 Å². The molecule has 242 valence electrons. The summed E-state index contributed by atoms with van der Waals surface area (Å²) in [6, 6.07) is 9.50. The van der Waals surface area contributed by atoms with Crippen LogP contribution in [0.1, 0.15) is 172 Å². The second-order valence-corrected chi connectivity index (χ2v) is 18.0. The maximum atomic E-state index is 3.88. The molecule has 0 aromatic carbocycles. The Kier molecular flexibility index (Phi) is 20.4. The maximum Gasteiger partial charge on any atom is 0.0320 e. The van der Waals surface area contributed by atoms with Crippen molar-refractivity contribution in [2.45, 2.75) is 168 Å². The fourth-order valence-corrected chi connectivity index (χ4v) is 11.0. The van der Waals surface area contributed by atoms with Gasteiger partial charge in [0.2, 0.25) is 0 Å². The molecule has 0 unspecified atom stereocenters. The van der Waals surface area contributed by atoms with E-state index in [-0.39, 0.29) is 0 Å². The fourth-order valence-electron chi connectivity index (χ4n) is 5.91. The molecule has 0 N–H and O–H groups in total. The van der Waals surface area contributed by atoms with Gasteiger partial charge in [-0.1, -0.05) is 129 Å². The van der Waals surface area contributed by atoms with Crippen molar-refractivity contribution < 1.29 is 0 Å². The topological polar surface area (TPSA) is 0 Å². The molecule has 0 atom stereocenters. The van der Waals surface area contributed by atoms with E-state index in [4.69, 9.17) is 0 Å². The highest BCUT2D eigenvalue weighted by Crippen LogP contribution is 2.35. The summed E-state index contributed by atoms with van der Waals surface area (Å²) in [4.78, 5) is 9.06. The number of hydrogen-bond acceptors (Lipinski definition) is 3. The Bertz CT molecular complexity index is 1020. The van der Waals surface area contributed by atoms with E-state index in [0.29, 0.717) is 0 Å². The summed E-state index contributed by atoms with van der Waals surface area (Å²) >= 11 is 13.8. The first kappa shape index (κ1) is 37.5. The Labute approximate surface area is 294 Å². The molecule has 0 saturated heterocycles. The van der Waals surface area contributed by atoms with Crippen molar-refractivity contribution in [1.82, 2.24) is 0 Å². The van der Waals surface area contributed by atoms with E-state index in [0.717, 1.165) is 12.8 Å². The van der Waals surface area contributed by atoms with Crippen LogP contribution in [0, 0.1) is 0 Å². The second kappa shape index (κ2) is 23.4. The van der Waals surface area contributed by atoms with E-state index in [1.165, 1.54) is 170 Å². The van der Waals surface area contributed by atoms with Crippen LogP contribution in [-0.2, 0) is 25.7 Å². The van der Waals surface area contributed by atoms with Gasteiger partial charge < -0.3 is 0 Å². The number of halogens is 2. The molecule has 3 aromatic heterocycles. The van der Waals surface area contributed by atoms with E-state index in [1.807, 2.05) is 34.0 Å². The SMILES string of the molecule is CCCCCCCCCCCCc1cc(Br)c(Cc2ccc(Cc3sc(CCCCCCCCCCCC)cc3Br)s2)s1. The van der Waals surface area contributed by atoms with Crippen molar-refractivity contribution in [3.8, 4) is 0 Å². The Morgan fingerprint density at radius 3 is 1.09 bits per heavy atom. The number of unbranched alkanes of at least 4 members (excludes halogenated alkanes) is 18. The van der Waals surface area contributed by atoms with Crippen molar-refractivity contribution in [3.05, 3.63) is 62.5 Å². The summed E-state index contributed by atoms with van der Waals surface area (Å²) < 4.78 is 2.62. The highest BCUT2D eigenvalue weighted by Gasteiger charge is 2.12. The molecule has 0 saturated carbocycles. The molecule has 0 radical (unpaired) electrons. The average Bonchev–Trinajstić information content (AvgIpc) is 3.69. The normalized spacial score (nSPS) is 11.6. The molecular formula is C38H58Br2S3. The van der Waals surface area contributed by atoms with Crippen LogP contribution in [0.3, 0.4) is 0 Å². The average molecular weight is 771 g/mol. The van der Waals surface area contributed by atoms with Gasteiger partial charge in [-0.25, -0.2) is 0 Å². The van der Waals surface area contributed by atoms with Crippen LogP contribution in [0.2, 0.25) is 0 Å². The van der Waals surface area contributed by atoms with Gasteiger partial charge >= 0.3 is 0 Å². The van der Waals surface area contributed by atoms with Crippen molar-refractivity contribution in [1.29, 1.82) is 0 Å². The molecule has 0 aliphatic heterocycles. The monoisotopic (exact) mass is 768 g/mol. The van der Waals surface area contributed by atoms with Gasteiger partial charge in [0.1, 0.15) is 0 Å². The smallest absolute Gasteiger partial charge is 0.0320 e. The Balaban J connectivity index is 1.31. The summed E-state index contributed by atoms with van der Waals surface area (Å²) in [6.45, 7) is 4.60. The minimum absolute atomic E-state index is 1.06. The standard InChI is InChI=1S/C38H58Br2S3/c1-3-5-7-9-11-13-15-17-19-21-23-31-27-35(39)37(42-31)29-33-25-26-34(41-33)30-38-36(40)28-32(43-38)24-22-20-18-16-14-12-10-8-6-4-2/h25-28H,3-24,29-30H2,1-2H3. The van der Waals surface area contributed by atoms with Crippen LogP contribution >= 0.6 is 65.9 Å². The molecule has 0 spiro atoms. The predicted octanol–water partition coefficient (Wildman–Crippen LogP) is 15.5. The zero-order chi connectivity index (χ0) is 30.5. The van der Waals surface area contributed by atoms with E-state index >= 15 is 0 Å². The van der Waals surface area contributed by atoms with Crippen LogP contribution in [0.4, 0.5) is 0 Å². The zero-order valence-corrected chi connectivity index (χ0v) is 32.9. The third-order valence-corrected chi connectivity index (χ3v) is 14.0. The minimum atomic E-state index is 1.06. The van der Waals surface area contributed by atoms with E-state index in [1.54, 1.807) is 9.75 Å². The van der Waals surface area contributed by atoms with E-state index < -0.39 is 0 Å². The first-order valence-corrected chi connectivity index (χ1v) is 21.7. The van der Waals surface area contributed by atoms with Crippen molar-refractivity contribution >= 4 is 65.9 Å². The summed E-state index contributed by atoms with van der Waals surface area (Å²) in [5, 5.41) is 0. The van der Waals surface area contributed by atoms with Crippen LogP contribution in [0.25, 0.3) is 0 Å². The second-order valence-electron chi connectivity index (χ2n) is 12.6. The lowest BCUT2D eigenvalue weighted by molar-refractivity contribution is 0.557. The summed E-state index contributed by atoms with van der Waals surface area (Å²) in [7, 11) is 0. The third-order valence-electron chi connectivity index (χ3n) is 8.56. The van der Waals surface area contributed by atoms with Gasteiger partial charge in [0, 0.05) is 51.0 Å². The zero-order valence-electron chi connectivity index (χ0n) is 27.3. The van der Waals surface area contributed by atoms with E-state index in [9.17, 15) is 0 Å². The lowest BCUT2D eigenvalue weighted by Crippen LogP contribution is -1.84. The van der Waals surface area contributed by atoms with Crippen molar-refractivity contribution in [2.75, 3.05) is 0 Å². The van der Waals surface area contributed by atoms with Crippen LogP contribution < -0.4 is 0 Å². The molecule has 0 fully saturated rings. The summed E-state index contributed by atoms with van der Waals surface area (Å²) in [5.74, 6) is 0. The van der Waals surface area contributed by atoms with Gasteiger partial charge in [0.25, 0.3) is 0 Å². The van der Waals surface area contributed by atoms with Gasteiger partial charge in [-0.2, -0.15) is 0 Å². The predicted molar refractivity (Wildman–Crippen MR) is 205 cm³/mol. The molecule has 5 heteroatoms. The van der Waals surface area contributed by atoms with Gasteiger partial charge in [0.05, 0.1) is 0 Å². The molecule has 3 rings (SSSR count). The number of hydrogen-bond donors (Lipinski definition) is 0. The molecule has 0 amide bonds. The largest absolute Gasteiger partial charge is 0.145 e. The molecule has 0 aliphatic carbocycles. The lowest BCUT2D eigenvalue weighted by atomic mass is 10.1. The molecule has 0 bridgehead atoms. The Morgan fingerprint density at radius 2 is 0.744 bits per heavy atom. The molecule has 3 aromatic rings. The molecule has 0 aliphatic rings. The van der Waals surface area contributed by atoms with Crippen LogP contribution in [0.5, 0.6) is 0 Å². The van der Waals surface area contributed by atoms with Crippen molar-refractivity contribution in [3.63, 3.8) is 0 Å². The highest BCUT2D eigenvalue weighted by molar-refractivity contribution is 9.10. The van der Waals surface area contributed by atoms with Crippen LogP contribution in [-0.4, -0.2) is 0 Å². The Morgan fingerprint density at radius 1 is 0.419 bits per heavy atom. The number of aryl methyl sites for hydroxylation is 2. The maximum absolute atomic E-state index is 3.88. The fraction of sp³-hybridized carbons (Fsp3) is 0.684. The quantitative estimate of drug-likeness (QED) is 0.0713. The molecule has 43 heavy (non-hydrogen) atoms. The molecule has 0 nitrogen and oxygen atoms in total. The number of thiophene rings is 3. The van der Waals surface area contributed by atoms with Gasteiger partial charge in [-0.15, -0.1) is 34.0 Å². The molecule has 3 heterocycles. The highest BCUT2D eigenvalue weighted by atomic mass is 79.9. The first-order chi connectivity index (χ1) is 21.1. The van der Waals surface area contributed by atoms with Gasteiger partial charge in [-0.05, 0) is 81.8 Å². The van der Waals surface area contributed by atoms with Crippen LogP contribution in [0.15, 0.2) is 33.2 Å². The first-order valence-electron chi connectivity index (χ1n) is 17.7. The van der Waals surface area contributed by atoms with Crippen molar-refractivity contribution in [2.24, 2.45) is 0 Å². The molecular weight excluding hydrogens is 712 g/mol. The Hall–Kier alpha value is 0.0600. The van der Waals surface area contributed by atoms with Gasteiger partial charge in [0.15, 0.2) is 0 Å². The summed E-state index contributed by atoms with van der Waals surface area (Å²) in [6.07, 6.45) is 32.7.